The molecule has 0 aromatic carbocycles. The molecule has 3 N–H and O–H groups in total. The number of nitrogens with one attached hydrogen (secondary N) is 2. The van der Waals surface area contributed by atoms with E-state index in [2.05, 4.69) is 15.5 Å². The van der Waals surface area contributed by atoms with Crippen LogP contribution in [0.25, 0.3) is 0 Å². The van der Waals surface area contributed by atoms with Crippen molar-refractivity contribution in [1.82, 2.24) is 15.5 Å². The first kappa shape index (κ1) is 16.9. The lowest BCUT2D eigenvalue weighted by atomic mass is 10.0. The topological polar surface area (TPSA) is 112 Å². The summed E-state index contributed by atoms with van der Waals surface area (Å²) in [5, 5.41) is 17.9. The Morgan fingerprint density at radius 2 is 2.04 bits per heavy atom. The Morgan fingerprint density at radius 3 is 2.61 bits per heavy atom. The molecule has 2 heterocycles. The van der Waals surface area contributed by atoms with Crippen LogP contribution in [0.3, 0.4) is 0 Å². The smallest absolute Gasteiger partial charge is 0.345 e. The molecule has 0 spiro atoms. The van der Waals surface area contributed by atoms with Gasteiger partial charge in [0.15, 0.2) is 0 Å². The van der Waals surface area contributed by atoms with E-state index in [0.29, 0.717) is 29.0 Å². The first-order valence-electron chi connectivity index (χ1n) is 7.18. The second-order valence-electron chi connectivity index (χ2n) is 4.81. The van der Waals surface area contributed by atoms with E-state index in [4.69, 9.17) is 5.11 Å². The molecule has 0 bridgehead atoms. The minimum Gasteiger partial charge on any atom is -0.477 e. The maximum Gasteiger partial charge on any atom is 0.345 e. The molecular weight excluding hydrogens is 318 g/mol. The average molecular weight is 335 g/mol. The summed E-state index contributed by atoms with van der Waals surface area (Å²) in [6, 6.07) is 3.13. The molecule has 2 rings (SSSR count). The number of amides is 1. The summed E-state index contributed by atoms with van der Waals surface area (Å²) < 4.78 is 0. The number of H-pyrrole nitrogens is 1. The van der Waals surface area contributed by atoms with Gasteiger partial charge in [0.25, 0.3) is 11.5 Å². The molecule has 0 aliphatic rings. The SMILES string of the molecule is CCc1n[nH]c(=O)c(C(=O)NCc2ccc(C(=O)O)s2)c1CC. The number of aryl methyl sites for hydroxylation is 1. The highest BCUT2D eigenvalue weighted by molar-refractivity contribution is 7.13. The fourth-order valence-electron chi connectivity index (χ4n) is 2.28. The van der Waals surface area contributed by atoms with Gasteiger partial charge < -0.3 is 10.4 Å². The Labute approximate surface area is 136 Å². The summed E-state index contributed by atoms with van der Waals surface area (Å²) in [5.74, 6) is -1.48. The van der Waals surface area contributed by atoms with E-state index in [1.54, 1.807) is 6.07 Å². The van der Waals surface area contributed by atoms with Gasteiger partial charge in [0.2, 0.25) is 0 Å². The molecule has 0 radical (unpaired) electrons. The van der Waals surface area contributed by atoms with E-state index >= 15 is 0 Å². The molecule has 0 saturated heterocycles. The van der Waals surface area contributed by atoms with E-state index in [-0.39, 0.29) is 17.0 Å². The molecule has 1 amide bonds. The molecule has 23 heavy (non-hydrogen) atoms. The third-order valence-corrected chi connectivity index (χ3v) is 4.45. The first-order chi connectivity index (χ1) is 11.0. The van der Waals surface area contributed by atoms with Crippen molar-refractivity contribution in [3.05, 3.63) is 49.1 Å². The Morgan fingerprint density at radius 1 is 1.30 bits per heavy atom. The van der Waals surface area contributed by atoms with Gasteiger partial charge in [-0.1, -0.05) is 13.8 Å². The number of carboxylic acids is 1. The lowest BCUT2D eigenvalue weighted by Crippen LogP contribution is -2.32. The molecule has 2 aromatic heterocycles. The van der Waals surface area contributed by atoms with Crippen LogP contribution in [-0.4, -0.2) is 27.2 Å². The number of rotatable bonds is 6. The zero-order chi connectivity index (χ0) is 17.0. The van der Waals surface area contributed by atoms with Crippen LogP contribution < -0.4 is 10.9 Å². The summed E-state index contributed by atoms with van der Waals surface area (Å²) in [4.78, 5) is 36.1. The summed E-state index contributed by atoms with van der Waals surface area (Å²) >= 11 is 1.09. The quantitative estimate of drug-likeness (QED) is 0.742. The van der Waals surface area contributed by atoms with Crippen molar-refractivity contribution in [1.29, 1.82) is 0 Å². The molecule has 0 atom stereocenters. The number of nitrogens with zero attached hydrogens (tertiary/aromatic N) is 1. The molecular formula is C15H17N3O4S. The largest absolute Gasteiger partial charge is 0.477 e. The van der Waals surface area contributed by atoms with Crippen molar-refractivity contribution in [2.24, 2.45) is 0 Å². The average Bonchev–Trinajstić information content (AvgIpc) is 3.01. The summed E-state index contributed by atoms with van der Waals surface area (Å²) in [5.41, 5.74) is 0.899. The van der Waals surface area contributed by atoms with Crippen molar-refractivity contribution in [3.63, 3.8) is 0 Å². The zero-order valence-electron chi connectivity index (χ0n) is 12.8. The number of carbonyl (C=O) groups excluding carboxylic acids is 1. The predicted molar refractivity (Wildman–Crippen MR) is 86.1 cm³/mol. The Balaban J connectivity index is 2.20. The molecule has 7 nitrogen and oxygen atoms in total. The highest BCUT2D eigenvalue weighted by Crippen LogP contribution is 2.16. The normalized spacial score (nSPS) is 10.5. The van der Waals surface area contributed by atoms with Crippen LogP contribution in [0.2, 0.25) is 0 Å². The minimum atomic E-state index is -1.00. The molecule has 0 fully saturated rings. The van der Waals surface area contributed by atoms with Gasteiger partial charge >= 0.3 is 5.97 Å². The lowest BCUT2D eigenvalue weighted by molar-refractivity contribution is 0.0702. The van der Waals surface area contributed by atoms with E-state index in [1.807, 2.05) is 13.8 Å². The number of carbonyl (C=O) groups is 2. The summed E-state index contributed by atoms with van der Waals surface area (Å²) in [6.45, 7) is 3.94. The molecule has 0 aliphatic carbocycles. The Bertz CT molecular complexity index is 794. The van der Waals surface area contributed by atoms with Gasteiger partial charge in [-0.3, -0.25) is 9.59 Å². The monoisotopic (exact) mass is 335 g/mol. The highest BCUT2D eigenvalue weighted by atomic mass is 32.1. The minimum absolute atomic E-state index is 0.0781. The molecule has 8 heteroatoms. The maximum atomic E-state index is 12.4. The summed E-state index contributed by atoms with van der Waals surface area (Å²) in [6.07, 6.45) is 1.15. The number of carboxylic acid groups (broad SMARTS) is 1. The van der Waals surface area contributed by atoms with Crippen molar-refractivity contribution in [2.45, 2.75) is 33.2 Å². The molecule has 0 saturated carbocycles. The van der Waals surface area contributed by atoms with Gasteiger partial charge in [-0.05, 0) is 30.5 Å². The fourth-order valence-corrected chi connectivity index (χ4v) is 3.07. The lowest BCUT2D eigenvalue weighted by Gasteiger charge is -2.10. The highest BCUT2D eigenvalue weighted by Gasteiger charge is 2.19. The third-order valence-electron chi connectivity index (χ3n) is 3.38. The van der Waals surface area contributed by atoms with Gasteiger partial charge in [0, 0.05) is 4.88 Å². The van der Waals surface area contributed by atoms with Crippen LogP contribution in [0.5, 0.6) is 0 Å². The van der Waals surface area contributed by atoms with Crippen LogP contribution in [0, 0.1) is 0 Å². The standard InChI is InChI=1S/C15H17N3O4S/c1-3-9-10(4-2)17-18-14(20)12(9)13(19)16-7-8-5-6-11(23-8)15(21)22/h5-6H,3-4,7H2,1-2H3,(H,16,19)(H,18,20)(H,21,22). The number of aromatic carboxylic acids is 1. The molecule has 122 valence electrons. The molecule has 0 unspecified atom stereocenters. The van der Waals surface area contributed by atoms with Crippen LogP contribution in [-0.2, 0) is 19.4 Å². The Hall–Kier alpha value is -2.48. The van der Waals surface area contributed by atoms with Gasteiger partial charge in [-0.2, -0.15) is 5.10 Å². The van der Waals surface area contributed by atoms with Crippen molar-refractivity contribution < 1.29 is 14.7 Å². The van der Waals surface area contributed by atoms with Crippen LogP contribution in [0.4, 0.5) is 0 Å². The fraction of sp³-hybridized carbons (Fsp3) is 0.333. The van der Waals surface area contributed by atoms with Gasteiger partial charge in [-0.15, -0.1) is 11.3 Å². The van der Waals surface area contributed by atoms with Crippen LogP contribution in [0.1, 0.15) is 50.0 Å². The third kappa shape index (κ3) is 3.65. The van der Waals surface area contributed by atoms with Crippen molar-refractivity contribution in [2.75, 3.05) is 0 Å². The van der Waals surface area contributed by atoms with Crippen molar-refractivity contribution in [3.8, 4) is 0 Å². The van der Waals surface area contributed by atoms with Crippen LogP contribution in [0.15, 0.2) is 16.9 Å². The van der Waals surface area contributed by atoms with Crippen LogP contribution >= 0.6 is 11.3 Å². The van der Waals surface area contributed by atoms with Gasteiger partial charge in [-0.25, -0.2) is 9.89 Å². The van der Waals surface area contributed by atoms with E-state index in [0.717, 1.165) is 11.3 Å². The van der Waals surface area contributed by atoms with E-state index < -0.39 is 17.4 Å². The second kappa shape index (κ2) is 7.19. The van der Waals surface area contributed by atoms with Crippen molar-refractivity contribution >= 4 is 23.2 Å². The Kier molecular flexibility index (Phi) is 5.28. The number of aromatic nitrogens is 2. The summed E-state index contributed by atoms with van der Waals surface area (Å²) in [7, 11) is 0. The van der Waals surface area contributed by atoms with Gasteiger partial charge in [0.05, 0.1) is 12.2 Å². The number of thiophene rings is 1. The number of aromatic amines is 1. The second-order valence-corrected chi connectivity index (χ2v) is 5.98. The number of hydrogen-bond donors (Lipinski definition) is 3. The van der Waals surface area contributed by atoms with Gasteiger partial charge in [0.1, 0.15) is 10.4 Å². The van der Waals surface area contributed by atoms with E-state index in [1.165, 1.54) is 6.07 Å². The maximum absolute atomic E-state index is 12.4. The van der Waals surface area contributed by atoms with E-state index in [9.17, 15) is 14.4 Å². The molecule has 2 aromatic rings. The predicted octanol–water partition coefficient (Wildman–Crippen LogP) is 1.58. The zero-order valence-corrected chi connectivity index (χ0v) is 13.6. The molecule has 0 aliphatic heterocycles. The number of hydrogen-bond acceptors (Lipinski definition) is 5. The first-order valence-corrected chi connectivity index (χ1v) is 8.00.